The summed E-state index contributed by atoms with van der Waals surface area (Å²) >= 11 is 0. The van der Waals surface area contributed by atoms with Crippen LogP contribution in [0.1, 0.15) is 26.3 Å². The molecule has 1 aliphatic rings. The Kier molecular flexibility index (Phi) is 4.43. The third-order valence-electron chi connectivity index (χ3n) is 3.37. The van der Waals surface area contributed by atoms with E-state index in [4.69, 9.17) is 0 Å². The number of nitrogens with zero attached hydrogens (tertiary/aromatic N) is 3. The van der Waals surface area contributed by atoms with Crippen molar-refractivity contribution in [3.8, 4) is 0 Å². The number of hydrogen-bond donors (Lipinski definition) is 1. The summed E-state index contributed by atoms with van der Waals surface area (Å²) in [6, 6.07) is 1.62. The minimum absolute atomic E-state index is 0.0252. The Labute approximate surface area is 125 Å². The zero-order valence-electron chi connectivity index (χ0n) is 12.2. The highest BCUT2D eigenvalue weighted by Gasteiger charge is 2.40. The van der Waals surface area contributed by atoms with E-state index < -0.39 is 30.5 Å². The van der Waals surface area contributed by atoms with Gasteiger partial charge in [0.1, 0.15) is 12.4 Å². The molecule has 6 nitrogen and oxygen atoms in total. The quantitative estimate of drug-likeness (QED) is 0.921. The summed E-state index contributed by atoms with van der Waals surface area (Å²) in [5.74, 6) is -1.46. The van der Waals surface area contributed by atoms with Crippen molar-refractivity contribution in [3.05, 3.63) is 12.3 Å². The van der Waals surface area contributed by atoms with Gasteiger partial charge >= 0.3 is 6.18 Å². The van der Waals surface area contributed by atoms with Crippen LogP contribution in [-0.2, 0) is 9.59 Å². The highest BCUT2D eigenvalue weighted by atomic mass is 19.4. The SMILES string of the molecule is CC(C)n1nccc1NC(=O)C1CC(=O)N(CC(F)(F)F)C1. The maximum Gasteiger partial charge on any atom is 0.406 e. The molecule has 1 unspecified atom stereocenters. The van der Waals surface area contributed by atoms with Crippen LogP contribution in [-0.4, -0.2) is 45.8 Å². The number of amides is 2. The molecule has 1 aromatic rings. The Bertz CT molecular complexity index is 568. The van der Waals surface area contributed by atoms with E-state index in [1.165, 1.54) is 6.20 Å². The fourth-order valence-corrected chi connectivity index (χ4v) is 2.37. The summed E-state index contributed by atoms with van der Waals surface area (Å²) in [7, 11) is 0. The first-order valence-electron chi connectivity index (χ1n) is 6.86. The molecular formula is C13H17F3N4O2. The lowest BCUT2D eigenvalue weighted by Gasteiger charge is -2.18. The molecule has 22 heavy (non-hydrogen) atoms. The molecule has 2 rings (SSSR count). The molecule has 1 atom stereocenters. The molecule has 1 N–H and O–H groups in total. The van der Waals surface area contributed by atoms with E-state index in [0.29, 0.717) is 10.7 Å². The highest BCUT2D eigenvalue weighted by Crippen LogP contribution is 2.25. The Morgan fingerprint density at radius 2 is 2.18 bits per heavy atom. The fourth-order valence-electron chi connectivity index (χ4n) is 2.37. The number of hydrogen-bond acceptors (Lipinski definition) is 3. The van der Waals surface area contributed by atoms with E-state index in [9.17, 15) is 22.8 Å². The van der Waals surface area contributed by atoms with Crippen LogP contribution in [0.15, 0.2) is 12.3 Å². The van der Waals surface area contributed by atoms with Crippen LogP contribution in [0, 0.1) is 5.92 Å². The molecule has 0 aromatic carbocycles. The van der Waals surface area contributed by atoms with Gasteiger partial charge in [0.25, 0.3) is 0 Å². The summed E-state index contributed by atoms with van der Waals surface area (Å²) in [6.45, 7) is 2.22. The lowest BCUT2D eigenvalue weighted by Crippen LogP contribution is -2.36. The van der Waals surface area contributed by atoms with Gasteiger partial charge in [-0.3, -0.25) is 9.59 Å². The molecule has 1 saturated heterocycles. The average Bonchev–Trinajstić information content (AvgIpc) is 2.95. The van der Waals surface area contributed by atoms with Crippen LogP contribution in [0.5, 0.6) is 0 Å². The molecule has 1 aromatic heterocycles. The summed E-state index contributed by atoms with van der Waals surface area (Å²) in [6.07, 6.45) is -3.15. The second-order valence-electron chi connectivity index (χ2n) is 5.53. The van der Waals surface area contributed by atoms with Gasteiger partial charge in [-0.2, -0.15) is 18.3 Å². The molecule has 1 fully saturated rings. The first-order chi connectivity index (χ1) is 10.2. The standard InChI is InChI=1S/C13H17F3N4O2/c1-8(2)20-10(3-4-17-20)18-12(22)9-5-11(21)19(6-9)7-13(14,15)16/h3-4,8-9H,5-7H2,1-2H3,(H,18,22). The van der Waals surface area contributed by atoms with Gasteiger partial charge in [0.2, 0.25) is 11.8 Å². The minimum Gasteiger partial charge on any atom is -0.333 e. The summed E-state index contributed by atoms with van der Waals surface area (Å²) in [4.78, 5) is 24.4. The lowest BCUT2D eigenvalue weighted by molar-refractivity contribution is -0.157. The van der Waals surface area contributed by atoms with Crippen LogP contribution < -0.4 is 5.32 Å². The molecule has 2 amide bonds. The van der Waals surface area contributed by atoms with Gasteiger partial charge in [0, 0.05) is 25.1 Å². The molecule has 122 valence electrons. The Balaban J connectivity index is 1.99. The first kappa shape index (κ1) is 16.3. The van der Waals surface area contributed by atoms with Crippen LogP contribution >= 0.6 is 0 Å². The van der Waals surface area contributed by atoms with Gasteiger partial charge in [-0.15, -0.1) is 0 Å². The number of carbonyl (C=O) groups is 2. The highest BCUT2D eigenvalue weighted by molar-refractivity contribution is 5.96. The molecule has 1 aliphatic heterocycles. The molecule has 0 aliphatic carbocycles. The van der Waals surface area contributed by atoms with Crippen molar-refractivity contribution in [2.24, 2.45) is 5.92 Å². The van der Waals surface area contributed by atoms with E-state index >= 15 is 0 Å². The number of alkyl halides is 3. The molecule has 0 spiro atoms. The van der Waals surface area contributed by atoms with E-state index in [-0.39, 0.29) is 19.0 Å². The first-order valence-corrected chi connectivity index (χ1v) is 6.86. The number of nitrogens with one attached hydrogen (secondary N) is 1. The molecule has 0 saturated carbocycles. The molecule has 0 radical (unpaired) electrons. The third-order valence-corrected chi connectivity index (χ3v) is 3.37. The summed E-state index contributed by atoms with van der Waals surface area (Å²) < 4.78 is 38.6. The predicted octanol–water partition coefficient (Wildman–Crippen LogP) is 1.81. The van der Waals surface area contributed by atoms with Crippen molar-refractivity contribution in [2.75, 3.05) is 18.4 Å². The van der Waals surface area contributed by atoms with Gasteiger partial charge in [0.15, 0.2) is 0 Å². The molecule has 9 heteroatoms. The molecular weight excluding hydrogens is 301 g/mol. The summed E-state index contributed by atoms with van der Waals surface area (Å²) in [5.41, 5.74) is 0. The third kappa shape index (κ3) is 3.77. The van der Waals surface area contributed by atoms with E-state index in [0.717, 1.165) is 0 Å². The topological polar surface area (TPSA) is 67.2 Å². The second-order valence-corrected chi connectivity index (χ2v) is 5.53. The van der Waals surface area contributed by atoms with Crippen molar-refractivity contribution in [3.63, 3.8) is 0 Å². The number of carbonyl (C=O) groups excluding carboxylic acids is 2. The van der Waals surface area contributed by atoms with Crippen LogP contribution in [0.2, 0.25) is 0 Å². The van der Waals surface area contributed by atoms with Crippen molar-refractivity contribution in [2.45, 2.75) is 32.5 Å². The zero-order valence-corrected chi connectivity index (χ0v) is 12.2. The van der Waals surface area contributed by atoms with E-state index in [2.05, 4.69) is 10.4 Å². The van der Waals surface area contributed by atoms with Crippen LogP contribution in [0.3, 0.4) is 0 Å². The van der Waals surface area contributed by atoms with Crippen LogP contribution in [0.4, 0.5) is 19.0 Å². The maximum atomic E-state index is 12.3. The number of halogens is 3. The number of rotatable bonds is 4. The zero-order chi connectivity index (χ0) is 16.5. The fraction of sp³-hybridized carbons (Fsp3) is 0.615. The number of aromatic nitrogens is 2. The Morgan fingerprint density at radius 1 is 1.50 bits per heavy atom. The summed E-state index contributed by atoms with van der Waals surface area (Å²) in [5, 5.41) is 6.67. The van der Waals surface area contributed by atoms with Gasteiger partial charge < -0.3 is 10.2 Å². The second kappa shape index (κ2) is 5.98. The predicted molar refractivity (Wildman–Crippen MR) is 72.0 cm³/mol. The average molecular weight is 318 g/mol. The van der Waals surface area contributed by atoms with E-state index in [1.54, 1.807) is 10.7 Å². The molecule has 0 bridgehead atoms. The lowest BCUT2D eigenvalue weighted by atomic mass is 10.1. The van der Waals surface area contributed by atoms with Crippen LogP contribution in [0.25, 0.3) is 0 Å². The van der Waals surface area contributed by atoms with Crippen molar-refractivity contribution < 1.29 is 22.8 Å². The number of anilines is 1. The van der Waals surface area contributed by atoms with Gasteiger partial charge in [-0.1, -0.05) is 0 Å². The molecule has 2 heterocycles. The number of likely N-dealkylation sites (tertiary alicyclic amines) is 1. The van der Waals surface area contributed by atoms with Gasteiger partial charge in [-0.25, -0.2) is 4.68 Å². The minimum atomic E-state index is -4.46. The van der Waals surface area contributed by atoms with Gasteiger partial charge in [-0.05, 0) is 13.8 Å². The Hall–Kier alpha value is -2.06. The smallest absolute Gasteiger partial charge is 0.333 e. The van der Waals surface area contributed by atoms with Crippen molar-refractivity contribution >= 4 is 17.6 Å². The van der Waals surface area contributed by atoms with E-state index in [1.807, 2.05) is 13.8 Å². The van der Waals surface area contributed by atoms with Gasteiger partial charge in [0.05, 0.1) is 12.1 Å². The largest absolute Gasteiger partial charge is 0.406 e. The van der Waals surface area contributed by atoms with Crippen molar-refractivity contribution in [1.29, 1.82) is 0 Å². The maximum absolute atomic E-state index is 12.3. The monoisotopic (exact) mass is 318 g/mol. The normalized spacial score (nSPS) is 19.1. The Morgan fingerprint density at radius 3 is 2.77 bits per heavy atom. The van der Waals surface area contributed by atoms with Crippen molar-refractivity contribution in [1.82, 2.24) is 14.7 Å².